The van der Waals surface area contributed by atoms with Gasteiger partial charge in [0.15, 0.2) is 0 Å². The third kappa shape index (κ3) is 5.66. The topological polar surface area (TPSA) is 6.48 Å². The van der Waals surface area contributed by atoms with Crippen LogP contribution in [0.1, 0.15) is 56.9 Å². The van der Waals surface area contributed by atoms with E-state index in [2.05, 4.69) is 208 Å². The van der Waals surface area contributed by atoms with E-state index in [4.69, 9.17) is 0 Å². The Labute approximate surface area is 331 Å². The van der Waals surface area contributed by atoms with Crippen molar-refractivity contribution in [2.75, 3.05) is 11.4 Å². The molecule has 0 bridgehead atoms. The maximum atomic E-state index is 2.63. The molecule has 0 saturated carbocycles. The molecule has 2 aliphatic rings. The molecule has 2 nitrogen and oxygen atoms in total. The fourth-order valence-corrected chi connectivity index (χ4v) is 9.56. The fourth-order valence-electron chi connectivity index (χ4n) is 9.56. The lowest BCUT2D eigenvalue weighted by atomic mass is 9.81. The summed E-state index contributed by atoms with van der Waals surface area (Å²) in [5.74, 6) is 0. The van der Waals surface area contributed by atoms with Crippen LogP contribution in [0.15, 0.2) is 164 Å². The first-order valence-corrected chi connectivity index (χ1v) is 20.2. The normalized spacial score (nSPS) is 14.7. The quantitative estimate of drug-likeness (QED) is 0.163. The summed E-state index contributed by atoms with van der Waals surface area (Å²) in [5.41, 5.74) is 16.9. The van der Waals surface area contributed by atoms with Gasteiger partial charge in [-0.15, -0.1) is 0 Å². The van der Waals surface area contributed by atoms with Gasteiger partial charge in [-0.3, -0.25) is 4.90 Å². The fraction of sp³-hybridized carbons (Fsp3) is 0.185. The summed E-state index contributed by atoms with van der Waals surface area (Å²) in [7, 11) is 0. The predicted molar refractivity (Wildman–Crippen MR) is 238 cm³/mol. The maximum absolute atomic E-state index is 2.63. The monoisotopic (exact) mass is 724 g/mol. The van der Waals surface area contributed by atoms with Gasteiger partial charge in [-0.2, -0.15) is 0 Å². The molecule has 8 aromatic rings. The summed E-state index contributed by atoms with van der Waals surface area (Å²) >= 11 is 0. The van der Waals surface area contributed by atoms with Crippen molar-refractivity contribution in [3.63, 3.8) is 0 Å². The molecule has 1 heterocycles. The zero-order valence-corrected chi connectivity index (χ0v) is 33.1. The lowest BCUT2D eigenvalue weighted by molar-refractivity contribution is 0.121. The van der Waals surface area contributed by atoms with Crippen LogP contribution in [0.2, 0.25) is 0 Å². The van der Waals surface area contributed by atoms with Crippen molar-refractivity contribution in [2.24, 2.45) is 0 Å². The van der Waals surface area contributed by atoms with Crippen LogP contribution in [0.5, 0.6) is 0 Å². The first-order chi connectivity index (χ1) is 27.1. The van der Waals surface area contributed by atoms with E-state index in [1.807, 2.05) is 0 Å². The van der Waals surface area contributed by atoms with Gasteiger partial charge in [0, 0.05) is 41.0 Å². The van der Waals surface area contributed by atoms with Gasteiger partial charge in [0.1, 0.15) is 0 Å². The van der Waals surface area contributed by atoms with E-state index in [1.54, 1.807) is 0 Å². The van der Waals surface area contributed by atoms with Gasteiger partial charge >= 0.3 is 0 Å². The molecule has 0 saturated heterocycles. The molecule has 0 atom stereocenters. The molecule has 0 fully saturated rings. The standard InChI is InChI=1S/C54H48N2/c1-53(2,3)55-31-30-44-40(35-55)17-13-20-45(44)49-33-48-46-19-11-12-21-50(46)54(4,5)51(48)34-52(49)56(41-27-24-37(25-28-41)36-14-7-6-8-15-36)42-29-26-39-23-22-38-16-9-10-18-43(38)47(39)32-42/h6-29,32-34H,30-31,35H2,1-5H3. The third-order valence-corrected chi connectivity index (χ3v) is 12.7. The van der Waals surface area contributed by atoms with E-state index in [1.165, 1.54) is 82.9 Å². The number of rotatable bonds is 5. The van der Waals surface area contributed by atoms with Gasteiger partial charge in [0.05, 0.1) is 5.69 Å². The second-order valence-corrected chi connectivity index (χ2v) is 17.3. The largest absolute Gasteiger partial charge is 0.310 e. The average molecular weight is 725 g/mol. The van der Waals surface area contributed by atoms with E-state index in [0.29, 0.717) is 0 Å². The van der Waals surface area contributed by atoms with Crippen LogP contribution < -0.4 is 4.90 Å². The van der Waals surface area contributed by atoms with Gasteiger partial charge in [0.2, 0.25) is 0 Å². The molecule has 0 unspecified atom stereocenters. The highest BCUT2D eigenvalue weighted by Gasteiger charge is 2.37. The van der Waals surface area contributed by atoms with Crippen LogP contribution >= 0.6 is 0 Å². The number of anilines is 3. The Hall–Kier alpha value is -5.96. The molecule has 0 aromatic heterocycles. The zero-order chi connectivity index (χ0) is 38.2. The van der Waals surface area contributed by atoms with Crippen molar-refractivity contribution in [1.29, 1.82) is 0 Å². The molecule has 274 valence electrons. The Balaban J connectivity index is 1.25. The summed E-state index contributed by atoms with van der Waals surface area (Å²) in [6.45, 7) is 13.8. The van der Waals surface area contributed by atoms with Crippen molar-refractivity contribution < 1.29 is 0 Å². The van der Waals surface area contributed by atoms with Crippen molar-refractivity contribution in [2.45, 2.75) is 58.5 Å². The maximum Gasteiger partial charge on any atom is 0.0543 e. The highest BCUT2D eigenvalue weighted by molar-refractivity contribution is 6.09. The minimum Gasteiger partial charge on any atom is -0.310 e. The zero-order valence-electron chi connectivity index (χ0n) is 33.1. The second kappa shape index (κ2) is 13.1. The third-order valence-electron chi connectivity index (χ3n) is 12.7. The van der Waals surface area contributed by atoms with Gasteiger partial charge in [0.25, 0.3) is 0 Å². The van der Waals surface area contributed by atoms with Crippen LogP contribution in [0.3, 0.4) is 0 Å². The summed E-state index contributed by atoms with van der Waals surface area (Å²) in [6, 6.07) is 61.4. The van der Waals surface area contributed by atoms with Crippen molar-refractivity contribution in [3.8, 4) is 33.4 Å². The van der Waals surface area contributed by atoms with Crippen LogP contribution in [0, 0.1) is 0 Å². The molecule has 10 rings (SSSR count). The van der Waals surface area contributed by atoms with Crippen LogP contribution in [-0.4, -0.2) is 17.0 Å². The number of fused-ring (bicyclic) bond motifs is 7. The lowest BCUT2D eigenvalue weighted by Crippen LogP contribution is -2.44. The Bertz CT molecular complexity index is 2790. The minimum atomic E-state index is -0.148. The van der Waals surface area contributed by atoms with Gasteiger partial charge < -0.3 is 4.90 Å². The first kappa shape index (κ1) is 34.5. The van der Waals surface area contributed by atoms with Crippen molar-refractivity contribution >= 4 is 38.6 Å². The van der Waals surface area contributed by atoms with E-state index in [0.717, 1.165) is 30.9 Å². The van der Waals surface area contributed by atoms with Crippen LogP contribution in [-0.2, 0) is 18.4 Å². The van der Waals surface area contributed by atoms with Crippen LogP contribution in [0.25, 0.3) is 54.9 Å². The summed E-state index contributed by atoms with van der Waals surface area (Å²) < 4.78 is 0. The summed E-state index contributed by atoms with van der Waals surface area (Å²) in [4.78, 5) is 5.16. The Morgan fingerprint density at radius 1 is 0.518 bits per heavy atom. The molecule has 0 amide bonds. The smallest absolute Gasteiger partial charge is 0.0543 e. The number of hydrogen-bond acceptors (Lipinski definition) is 2. The first-order valence-electron chi connectivity index (χ1n) is 20.2. The average Bonchev–Trinajstić information content (AvgIpc) is 3.45. The SMILES string of the molecule is CC1(C)c2ccccc2-c2cc(-c3cccc4c3CCN(C(C)(C)C)C4)c(N(c3ccc(-c4ccccc4)cc3)c3ccc4ccc5ccccc5c4c3)cc21. The molecule has 1 aliphatic carbocycles. The number of hydrogen-bond donors (Lipinski definition) is 0. The minimum absolute atomic E-state index is 0.116. The Kier molecular flexibility index (Phi) is 8.06. The summed E-state index contributed by atoms with van der Waals surface area (Å²) in [5, 5.41) is 5.05. The molecule has 1 aliphatic heterocycles. The highest BCUT2D eigenvalue weighted by Crippen LogP contribution is 2.54. The van der Waals surface area contributed by atoms with Crippen molar-refractivity contribution in [3.05, 3.63) is 186 Å². The van der Waals surface area contributed by atoms with Gasteiger partial charge in [-0.25, -0.2) is 0 Å². The molecule has 0 N–H and O–H groups in total. The number of nitrogens with zero attached hydrogens (tertiary/aromatic N) is 2. The lowest BCUT2D eigenvalue weighted by Gasteiger charge is -2.40. The van der Waals surface area contributed by atoms with Crippen LogP contribution in [0.4, 0.5) is 17.1 Å². The van der Waals surface area contributed by atoms with E-state index in [9.17, 15) is 0 Å². The molecule has 0 radical (unpaired) electrons. The summed E-state index contributed by atoms with van der Waals surface area (Å²) in [6.07, 6.45) is 1.02. The van der Waals surface area contributed by atoms with Gasteiger partial charge in [-0.05, 0) is 135 Å². The molecule has 0 spiro atoms. The Morgan fingerprint density at radius 3 is 1.98 bits per heavy atom. The molecule has 2 heteroatoms. The second-order valence-electron chi connectivity index (χ2n) is 17.3. The predicted octanol–water partition coefficient (Wildman–Crippen LogP) is 14.3. The highest BCUT2D eigenvalue weighted by atomic mass is 15.2. The Morgan fingerprint density at radius 2 is 1.18 bits per heavy atom. The van der Waals surface area contributed by atoms with E-state index in [-0.39, 0.29) is 11.0 Å². The van der Waals surface area contributed by atoms with E-state index >= 15 is 0 Å². The molecular formula is C54H48N2. The van der Waals surface area contributed by atoms with Crippen molar-refractivity contribution in [1.82, 2.24) is 4.90 Å². The molecule has 8 aromatic carbocycles. The van der Waals surface area contributed by atoms with Gasteiger partial charge in [-0.1, -0.05) is 141 Å². The molecular weight excluding hydrogens is 677 g/mol. The van der Waals surface area contributed by atoms with E-state index < -0.39 is 0 Å². The molecule has 56 heavy (non-hydrogen) atoms. The number of benzene rings is 8.